The number of amides is 1. The number of halogens is 1. The van der Waals surface area contributed by atoms with Gasteiger partial charge in [0.25, 0.3) is 5.91 Å². The van der Waals surface area contributed by atoms with Gasteiger partial charge in [0, 0.05) is 19.8 Å². The molecule has 1 amide bonds. The van der Waals surface area contributed by atoms with Gasteiger partial charge >= 0.3 is 0 Å². The lowest BCUT2D eigenvalue weighted by Crippen LogP contribution is -2.31. The van der Waals surface area contributed by atoms with E-state index in [1.807, 2.05) is 4.90 Å². The van der Waals surface area contributed by atoms with E-state index in [2.05, 4.69) is 36.3 Å². The van der Waals surface area contributed by atoms with Crippen LogP contribution in [0.15, 0.2) is 30.5 Å². The third kappa shape index (κ3) is 2.68. The van der Waals surface area contributed by atoms with Crippen molar-refractivity contribution in [1.29, 1.82) is 0 Å². The van der Waals surface area contributed by atoms with E-state index in [-0.39, 0.29) is 11.9 Å². The molecule has 1 atom stereocenters. The third-order valence-electron chi connectivity index (χ3n) is 3.96. The Morgan fingerprint density at radius 1 is 1.33 bits per heavy atom. The molecule has 2 aromatic rings. The Morgan fingerprint density at radius 3 is 2.67 bits per heavy atom. The van der Waals surface area contributed by atoms with Crippen LogP contribution >= 0.6 is 11.6 Å². The molecule has 0 aliphatic carbocycles. The molecule has 3 rings (SSSR count). The standard InChI is InChI=1S/C16H18ClN3O/c1-11-5-7-12(8-6-11)14-4-3-9-20(14)16(21)15-13(17)10-19(2)18-15/h5-8,10,14H,3-4,9H2,1-2H3. The van der Waals surface area contributed by atoms with Crippen LogP contribution in [-0.2, 0) is 7.05 Å². The van der Waals surface area contributed by atoms with Gasteiger partial charge in [0.05, 0.1) is 11.1 Å². The minimum atomic E-state index is -0.0799. The highest BCUT2D eigenvalue weighted by atomic mass is 35.5. The molecule has 21 heavy (non-hydrogen) atoms. The number of carbonyl (C=O) groups excluding carboxylic acids is 1. The Bertz CT molecular complexity index is 663. The number of rotatable bonds is 2. The molecule has 1 aromatic heterocycles. The second kappa shape index (κ2) is 5.53. The van der Waals surface area contributed by atoms with Crippen LogP contribution in [0.1, 0.15) is 40.5 Å². The predicted molar refractivity (Wildman–Crippen MR) is 82.4 cm³/mol. The van der Waals surface area contributed by atoms with Crippen LogP contribution in [-0.4, -0.2) is 27.1 Å². The first-order chi connectivity index (χ1) is 10.1. The van der Waals surface area contributed by atoms with Crippen molar-refractivity contribution in [1.82, 2.24) is 14.7 Å². The lowest BCUT2D eigenvalue weighted by atomic mass is 10.0. The fourth-order valence-electron chi connectivity index (χ4n) is 2.89. The zero-order valence-corrected chi connectivity index (χ0v) is 13.0. The summed E-state index contributed by atoms with van der Waals surface area (Å²) in [7, 11) is 1.77. The summed E-state index contributed by atoms with van der Waals surface area (Å²) in [5, 5.41) is 4.60. The molecule has 1 aliphatic rings. The minimum Gasteiger partial charge on any atom is -0.330 e. The zero-order valence-electron chi connectivity index (χ0n) is 12.2. The summed E-state index contributed by atoms with van der Waals surface area (Å²) in [5.74, 6) is -0.0799. The molecule has 1 unspecified atom stereocenters. The van der Waals surface area contributed by atoms with Crippen LogP contribution < -0.4 is 0 Å². The Morgan fingerprint density at radius 2 is 2.05 bits per heavy atom. The van der Waals surface area contributed by atoms with E-state index in [0.29, 0.717) is 10.7 Å². The van der Waals surface area contributed by atoms with Crippen LogP contribution in [0.25, 0.3) is 0 Å². The SMILES string of the molecule is Cc1ccc(C2CCCN2C(=O)c2nn(C)cc2Cl)cc1. The number of aromatic nitrogens is 2. The van der Waals surface area contributed by atoms with Gasteiger partial charge in [0.1, 0.15) is 0 Å². The van der Waals surface area contributed by atoms with Crippen molar-refractivity contribution in [3.05, 3.63) is 52.3 Å². The summed E-state index contributed by atoms with van der Waals surface area (Å²) in [6.45, 7) is 2.82. The molecule has 0 radical (unpaired) electrons. The summed E-state index contributed by atoms with van der Waals surface area (Å²) < 4.78 is 1.58. The van der Waals surface area contributed by atoms with Crippen LogP contribution in [0.2, 0.25) is 5.02 Å². The van der Waals surface area contributed by atoms with E-state index in [4.69, 9.17) is 11.6 Å². The highest BCUT2D eigenvalue weighted by Gasteiger charge is 2.32. The highest BCUT2D eigenvalue weighted by molar-refractivity contribution is 6.33. The average Bonchev–Trinajstić information content (AvgIpc) is 3.05. The molecule has 1 aliphatic heterocycles. The lowest BCUT2D eigenvalue weighted by Gasteiger charge is -2.24. The normalized spacial score (nSPS) is 18.2. The lowest BCUT2D eigenvalue weighted by molar-refractivity contribution is 0.0729. The third-order valence-corrected chi connectivity index (χ3v) is 4.24. The molecule has 1 fully saturated rings. The average molecular weight is 304 g/mol. The summed E-state index contributed by atoms with van der Waals surface area (Å²) >= 11 is 6.10. The fourth-order valence-corrected chi connectivity index (χ4v) is 3.15. The van der Waals surface area contributed by atoms with Gasteiger partial charge in [-0.1, -0.05) is 41.4 Å². The quantitative estimate of drug-likeness (QED) is 0.853. The maximum Gasteiger partial charge on any atom is 0.276 e. The van der Waals surface area contributed by atoms with Crippen molar-refractivity contribution < 1.29 is 4.79 Å². The monoisotopic (exact) mass is 303 g/mol. The van der Waals surface area contributed by atoms with Gasteiger partial charge in [0.2, 0.25) is 0 Å². The molecule has 0 saturated carbocycles. The van der Waals surface area contributed by atoms with Gasteiger partial charge in [-0.2, -0.15) is 5.10 Å². The van der Waals surface area contributed by atoms with Crippen LogP contribution in [0, 0.1) is 6.92 Å². The summed E-state index contributed by atoms with van der Waals surface area (Å²) in [6, 6.07) is 8.50. The van der Waals surface area contributed by atoms with E-state index in [1.165, 1.54) is 11.1 Å². The van der Waals surface area contributed by atoms with E-state index < -0.39 is 0 Å². The van der Waals surface area contributed by atoms with Gasteiger partial charge in [0.15, 0.2) is 5.69 Å². The number of aryl methyl sites for hydroxylation is 2. The molecule has 0 spiro atoms. The van der Waals surface area contributed by atoms with E-state index in [0.717, 1.165) is 19.4 Å². The van der Waals surface area contributed by atoms with Crippen molar-refractivity contribution in [3.8, 4) is 0 Å². The van der Waals surface area contributed by atoms with E-state index in [9.17, 15) is 4.79 Å². The van der Waals surface area contributed by atoms with Crippen LogP contribution in [0.5, 0.6) is 0 Å². The number of nitrogens with zero attached hydrogens (tertiary/aromatic N) is 3. The molecule has 2 heterocycles. The maximum atomic E-state index is 12.7. The number of hydrogen-bond donors (Lipinski definition) is 0. The fraction of sp³-hybridized carbons (Fsp3) is 0.375. The number of benzene rings is 1. The summed E-state index contributed by atoms with van der Waals surface area (Å²) in [4.78, 5) is 14.6. The molecule has 4 nitrogen and oxygen atoms in total. The second-order valence-corrected chi connectivity index (χ2v) is 5.97. The number of likely N-dealkylation sites (tertiary alicyclic amines) is 1. The second-order valence-electron chi connectivity index (χ2n) is 5.57. The molecule has 1 aromatic carbocycles. The smallest absolute Gasteiger partial charge is 0.276 e. The summed E-state index contributed by atoms with van der Waals surface area (Å²) in [5.41, 5.74) is 2.75. The Hall–Kier alpha value is -1.81. The topological polar surface area (TPSA) is 38.1 Å². The van der Waals surface area contributed by atoms with Gasteiger partial charge in [-0.05, 0) is 25.3 Å². The Balaban J connectivity index is 1.88. The molecular formula is C16H18ClN3O. The van der Waals surface area contributed by atoms with E-state index in [1.54, 1.807) is 17.9 Å². The van der Waals surface area contributed by atoms with Gasteiger partial charge < -0.3 is 4.90 Å². The van der Waals surface area contributed by atoms with Crippen molar-refractivity contribution >= 4 is 17.5 Å². The van der Waals surface area contributed by atoms with Crippen molar-refractivity contribution in [2.24, 2.45) is 7.05 Å². The highest BCUT2D eigenvalue weighted by Crippen LogP contribution is 2.33. The first-order valence-electron chi connectivity index (χ1n) is 7.13. The molecule has 0 N–H and O–H groups in total. The maximum absolute atomic E-state index is 12.7. The van der Waals surface area contributed by atoms with Crippen LogP contribution in [0.4, 0.5) is 0 Å². The molecule has 1 saturated heterocycles. The van der Waals surface area contributed by atoms with Crippen molar-refractivity contribution in [2.45, 2.75) is 25.8 Å². The Labute approximate surface area is 129 Å². The summed E-state index contributed by atoms with van der Waals surface area (Å²) in [6.07, 6.45) is 3.65. The van der Waals surface area contributed by atoms with Crippen molar-refractivity contribution in [2.75, 3.05) is 6.54 Å². The number of carbonyl (C=O) groups is 1. The first-order valence-corrected chi connectivity index (χ1v) is 7.51. The van der Waals surface area contributed by atoms with Gasteiger partial charge in [-0.3, -0.25) is 9.48 Å². The molecule has 0 bridgehead atoms. The van der Waals surface area contributed by atoms with Crippen molar-refractivity contribution in [3.63, 3.8) is 0 Å². The van der Waals surface area contributed by atoms with Gasteiger partial charge in [-0.25, -0.2) is 0 Å². The number of hydrogen-bond acceptors (Lipinski definition) is 2. The molecular weight excluding hydrogens is 286 g/mol. The first kappa shape index (κ1) is 14.1. The zero-order chi connectivity index (χ0) is 15.0. The largest absolute Gasteiger partial charge is 0.330 e. The Kier molecular flexibility index (Phi) is 3.72. The molecule has 5 heteroatoms. The predicted octanol–water partition coefficient (Wildman–Crippen LogP) is 3.36. The van der Waals surface area contributed by atoms with E-state index >= 15 is 0 Å². The van der Waals surface area contributed by atoms with Crippen LogP contribution in [0.3, 0.4) is 0 Å². The van der Waals surface area contributed by atoms with Gasteiger partial charge in [-0.15, -0.1) is 0 Å². The molecule has 110 valence electrons. The minimum absolute atomic E-state index is 0.0799.